The Kier molecular flexibility index (Phi) is 3.87. The molecular formula is C21H13F3N4O. The van der Waals surface area contributed by atoms with Gasteiger partial charge in [0.15, 0.2) is 11.9 Å². The molecule has 5 rings (SSSR count). The summed E-state index contributed by atoms with van der Waals surface area (Å²) < 4.78 is 47.1. The number of para-hydroxylation sites is 1. The first-order valence-corrected chi connectivity index (χ1v) is 8.81. The van der Waals surface area contributed by atoms with Gasteiger partial charge in [0.05, 0.1) is 34.7 Å². The van der Waals surface area contributed by atoms with Crippen molar-refractivity contribution in [2.24, 2.45) is 0 Å². The molecule has 0 saturated carbocycles. The van der Waals surface area contributed by atoms with Crippen molar-refractivity contribution in [2.75, 3.05) is 0 Å². The Morgan fingerprint density at radius 3 is 2.62 bits per heavy atom. The molecule has 0 amide bonds. The predicted octanol–water partition coefficient (Wildman–Crippen LogP) is 5.33. The van der Waals surface area contributed by atoms with E-state index in [2.05, 4.69) is 20.2 Å². The highest BCUT2D eigenvalue weighted by Gasteiger charge is 2.36. The van der Waals surface area contributed by atoms with Crippen LogP contribution in [0.1, 0.15) is 17.4 Å². The first kappa shape index (κ1) is 17.4. The fraction of sp³-hybridized carbons (Fsp3) is 0.0952. The van der Waals surface area contributed by atoms with Gasteiger partial charge >= 0.3 is 6.18 Å². The van der Waals surface area contributed by atoms with Crippen molar-refractivity contribution >= 4 is 21.8 Å². The topological polar surface area (TPSA) is 63.7 Å². The second kappa shape index (κ2) is 6.44. The highest BCUT2D eigenvalue weighted by Crippen LogP contribution is 2.40. The van der Waals surface area contributed by atoms with Gasteiger partial charge in [-0.2, -0.15) is 18.3 Å². The van der Waals surface area contributed by atoms with E-state index < -0.39 is 17.8 Å². The minimum Gasteiger partial charge on any atom is -0.488 e. The van der Waals surface area contributed by atoms with Crippen LogP contribution in [0.15, 0.2) is 67.1 Å². The maximum atomic E-state index is 13.8. The summed E-state index contributed by atoms with van der Waals surface area (Å²) in [6.45, 7) is 0. The third-order valence-electron chi connectivity index (χ3n) is 4.76. The van der Waals surface area contributed by atoms with Gasteiger partial charge in [-0.05, 0) is 30.4 Å². The number of fused-ring (bicyclic) bond motifs is 2. The lowest BCUT2D eigenvalue weighted by molar-refractivity contribution is -0.137. The highest BCUT2D eigenvalue weighted by atomic mass is 19.4. The second-order valence-corrected chi connectivity index (χ2v) is 6.54. The molecule has 2 aromatic carbocycles. The molecule has 3 heterocycles. The smallest absolute Gasteiger partial charge is 0.417 e. The summed E-state index contributed by atoms with van der Waals surface area (Å²) in [5.74, 6) is -0.0235. The van der Waals surface area contributed by atoms with Crippen molar-refractivity contribution in [3.63, 3.8) is 0 Å². The summed E-state index contributed by atoms with van der Waals surface area (Å²) in [5.41, 5.74) is 0.592. The number of aromatic amines is 1. The number of alkyl halides is 3. The normalized spacial score (nSPS) is 16.4. The van der Waals surface area contributed by atoms with Crippen LogP contribution in [-0.2, 0) is 10.9 Å². The molecule has 0 bridgehead atoms. The zero-order chi connectivity index (χ0) is 20.0. The first-order valence-electron chi connectivity index (χ1n) is 8.81. The fourth-order valence-electron chi connectivity index (χ4n) is 3.47. The molecular weight excluding hydrogens is 381 g/mol. The summed E-state index contributed by atoms with van der Waals surface area (Å²) >= 11 is 0. The zero-order valence-corrected chi connectivity index (χ0v) is 14.8. The van der Waals surface area contributed by atoms with E-state index in [9.17, 15) is 13.2 Å². The van der Waals surface area contributed by atoms with Crippen LogP contribution in [-0.4, -0.2) is 20.2 Å². The molecule has 5 nitrogen and oxygen atoms in total. The van der Waals surface area contributed by atoms with Gasteiger partial charge in [-0.1, -0.05) is 24.3 Å². The maximum Gasteiger partial charge on any atom is 0.417 e. The minimum absolute atomic E-state index is 0.0235. The molecule has 29 heavy (non-hydrogen) atoms. The molecule has 0 spiro atoms. The number of nitrogens with zero attached hydrogens (tertiary/aromatic N) is 3. The van der Waals surface area contributed by atoms with Crippen LogP contribution in [0.4, 0.5) is 13.2 Å². The van der Waals surface area contributed by atoms with Crippen molar-refractivity contribution in [2.45, 2.75) is 12.3 Å². The standard InChI is InChI=1S/C21H13F3N4O/c22-21(23,24)14-8-9-16-13(11-25-28-16)18(14)20-26-15-6-2-1-5-12(15)19(27-20)17-7-3-4-10-29-17/h1-11,17H,(H,25,28). The van der Waals surface area contributed by atoms with Gasteiger partial charge in [0, 0.05) is 16.3 Å². The molecule has 1 N–H and O–H groups in total. The van der Waals surface area contributed by atoms with E-state index in [4.69, 9.17) is 4.74 Å². The van der Waals surface area contributed by atoms with Gasteiger partial charge in [0.2, 0.25) is 0 Å². The number of benzene rings is 2. The Balaban J connectivity index is 1.84. The molecule has 1 aliphatic heterocycles. The number of H-pyrrole nitrogens is 1. The van der Waals surface area contributed by atoms with E-state index in [0.29, 0.717) is 27.5 Å². The summed E-state index contributed by atoms with van der Waals surface area (Å²) in [6, 6.07) is 9.56. The Morgan fingerprint density at radius 1 is 0.966 bits per heavy atom. The SMILES string of the molecule is FC(F)(F)c1ccc2[nH]ncc2c1-c1nc(C2C=CC=CO2)c2ccccc2n1. The summed E-state index contributed by atoms with van der Waals surface area (Å²) in [5, 5.41) is 7.62. The quantitative estimate of drug-likeness (QED) is 0.499. The molecule has 4 aromatic rings. The van der Waals surface area contributed by atoms with Gasteiger partial charge in [0.1, 0.15) is 0 Å². The average Bonchev–Trinajstić information content (AvgIpc) is 3.21. The zero-order valence-electron chi connectivity index (χ0n) is 14.8. The maximum absolute atomic E-state index is 13.8. The van der Waals surface area contributed by atoms with Crippen LogP contribution in [0.25, 0.3) is 33.2 Å². The van der Waals surface area contributed by atoms with Crippen molar-refractivity contribution in [3.8, 4) is 11.4 Å². The van der Waals surface area contributed by atoms with Crippen LogP contribution >= 0.6 is 0 Å². The predicted molar refractivity (Wildman–Crippen MR) is 102 cm³/mol. The monoisotopic (exact) mass is 394 g/mol. The summed E-state index contributed by atoms with van der Waals surface area (Å²) in [7, 11) is 0. The van der Waals surface area contributed by atoms with Crippen LogP contribution in [0.3, 0.4) is 0 Å². The fourth-order valence-corrected chi connectivity index (χ4v) is 3.47. The van der Waals surface area contributed by atoms with Crippen molar-refractivity contribution in [3.05, 3.63) is 78.3 Å². The number of nitrogens with one attached hydrogen (secondary N) is 1. The van der Waals surface area contributed by atoms with E-state index in [1.807, 2.05) is 18.2 Å². The Hall–Kier alpha value is -3.68. The van der Waals surface area contributed by atoms with Crippen molar-refractivity contribution in [1.82, 2.24) is 20.2 Å². The number of allylic oxidation sites excluding steroid dienone is 2. The van der Waals surface area contributed by atoms with Gasteiger partial charge < -0.3 is 4.74 Å². The van der Waals surface area contributed by atoms with Crippen LogP contribution in [0.2, 0.25) is 0 Å². The number of aromatic nitrogens is 4. The van der Waals surface area contributed by atoms with E-state index in [1.165, 1.54) is 18.5 Å². The number of hydrogen-bond donors (Lipinski definition) is 1. The van der Waals surface area contributed by atoms with Crippen molar-refractivity contribution in [1.29, 1.82) is 0 Å². The Labute approximate surface area is 162 Å². The van der Waals surface area contributed by atoms with Gasteiger partial charge in [0.25, 0.3) is 0 Å². The van der Waals surface area contributed by atoms with E-state index >= 15 is 0 Å². The molecule has 0 saturated heterocycles. The Morgan fingerprint density at radius 2 is 1.83 bits per heavy atom. The third kappa shape index (κ3) is 2.93. The largest absolute Gasteiger partial charge is 0.488 e. The minimum atomic E-state index is -4.57. The lowest BCUT2D eigenvalue weighted by Crippen LogP contribution is -2.10. The number of rotatable bonds is 2. The van der Waals surface area contributed by atoms with E-state index in [1.54, 1.807) is 24.3 Å². The van der Waals surface area contributed by atoms with E-state index in [-0.39, 0.29) is 11.4 Å². The molecule has 1 unspecified atom stereocenters. The lowest BCUT2D eigenvalue weighted by atomic mass is 10.0. The van der Waals surface area contributed by atoms with Crippen LogP contribution in [0, 0.1) is 0 Å². The van der Waals surface area contributed by atoms with Gasteiger partial charge in [-0.3, -0.25) is 5.10 Å². The average molecular weight is 394 g/mol. The lowest BCUT2D eigenvalue weighted by Gasteiger charge is -2.19. The number of halogens is 3. The number of ether oxygens (including phenoxy) is 1. The molecule has 2 aromatic heterocycles. The molecule has 144 valence electrons. The first-order chi connectivity index (χ1) is 14.0. The third-order valence-corrected chi connectivity index (χ3v) is 4.76. The molecule has 8 heteroatoms. The van der Waals surface area contributed by atoms with Crippen LogP contribution in [0.5, 0.6) is 0 Å². The molecule has 0 radical (unpaired) electrons. The number of hydrogen-bond acceptors (Lipinski definition) is 4. The summed E-state index contributed by atoms with van der Waals surface area (Å²) in [4.78, 5) is 8.99. The highest BCUT2D eigenvalue weighted by molar-refractivity contribution is 5.96. The van der Waals surface area contributed by atoms with Gasteiger partial charge in [-0.15, -0.1) is 0 Å². The van der Waals surface area contributed by atoms with Gasteiger partial charge in [-0.25, -0.2) is 9.97 Å². The van der Waals surface area contributed by atoms with E-state index in [0.717, 1.165) is 6.07 Å². The second-order valence-electron chi connectivity index (χ2n) is 6.54. The molecule has 0 fully saturated rings. The molecule has 1 aliphatic rings. The Bertz CT molecular complexity index is 1290. The summed E-state index contributed by atoms with van der Waals surface area (Å²) in [6.07, 6.45) is 3.13. The van der Waals surface area contributed by atoms with Crippen LogP contribution < -0.4 is 0 Å². The molecule has 1 atom stereocenters. The van der Waals surface area contributed by atoms with Crippen molar-refractivity contribution < 1.29 is 17.9 Å². The molecule has 0 aliphatic carbocycles.